The molecule has 0 radical (unpaired) electrons. The van der Waals surface area contributed by atoms with Gasteiger partial charge in [0, 0.05) is 5.69 Å². The number of rotatable bonds is 2. The number of nitrogens with one attached hydrogen (secondary N) is 2. The normalized spacial score (nSPS) is 10.3. The van der Waals surface area contributed by atoms with E-state index in [9.17, 15) is 4.79 Å². The van der Waals surface area contributed by atoms with Gasteiger partial charge >= 0.3 is 0 Å². The lowest BCUT2D eigenvalue weighted by Gasteiger charge is -2.03. The van der Waals surface area contributed by atoms with Crippen molar-refractivity contribution < 1.29 is 4.79 Å². The van der Waals surface area contributed by atoms with Gasteiger partial charge in [0.25, 0.3) is 5.91 Å². The van der Waals surface area contributed by atoms with Crippen molar-refractivity contribution in [3.05, 3.63) is 51.8 Å². The van der Waals surface area contributed by atoms with Crippen molar-refractivity contribution in [2.45, 2.75) is 6.92 Å². The Hall–Kier alpha value is -1.45. The van der Waals surface area contributed by atoms with Crippen molar-refractivity contribution in [3.8, 4) is 0 Å². The summed E-state index contributed by atoms with van der Waals surface area (Å²) in [5, 5.41) is 3.34. The summed E-state index contributed by atoms with van der Waals surface area (Å²) >= 11 is 11.5. The molecule has 0 atom stereocenters. The first-order chi connectivity index (χ1) is 8.06. The third-order valence-electron chi connectivity index (χ3n) is 2.28. The molecule has 88 valence electrons. The minimum Gasteiger partial charge on any atom is -0.340 e. The number of halogens is 2. The Kier molecular flexibility index (Phi) is 3.41. The van der Waals surface area contributed by atoms with Crippen LogP contribution in [0.25, 0.3) is 0 Å². The number of aryl methyl sites for hydroxylation is 1. The molecule has 1 aromatic carbocycles. The fourth-order valence-electron chi connectivity index (χ4n) is 1.36. The molecule has 0 aliphatic carbocycles. The second-order valence-electron chi connectivity index (χ2n) is 3.67. The molecule has 0 saturated heterocycles. The van der Waals surface area contributed by atoms with Crippen molar-refractivity contribution in [1.29, 1.82) is 0 Å². The minimum atomic E-state index is -0.275. The molecule has 0 aliphatic rings. The number of aromatic amines is 1. The van der Waals surface area contributed by atoms with Crippen molar-refractivity contribution in [2.75, 3.05) is 5.32 Å². The van der Waals surface area contributed by atoms with Crippen LogP contribution >= 0.6 is 23.2 Å². The summed E-state index contributed by atoms with van der Waals surface area (Å²) in [6.45, 7) is 1.98. The third kappa shape index (κ3) is 2.81. The van der Waals surface area contributed by atoms with E-state index in [-0.39, 0.29) is 11.1 Å². The van der Waals surface area contributed by atoms with Gasteiger partial charge < -0.3 is 10.3 Å². The topological polar surface area (TPSA) is 44.9 Å². The van der Waals surface area contributed by atoms with Crippen molar-refractivity contribution in [2.24, 2.45) is 0 Å². The predicted molar refractivity (Wildman–Crippen MR) is 69.9 cm³/mol. The number of hydrogen-bond acceptors (Lipinski definition) is 1. The number of amides is 1. The van der Waals surface area contributed by atoms with E-state index in [2.05, 4.69) is 10.3 Å². The second kappa shape index (κ2) is 4.82. The molecule has 1 amide bonds. The van der Waals surface area contributed by atoms with Crippen LogP contribution in [0, 0.1) is 6.92 Å². The van der Waals surface area contributed by atoms with Crippen LogP contribution in [0.4, 0.5) is 5.69 Å². The zero-order valence-corrected chi connectivity index (χ0v) is 10.6. The third-order valence-corrected chi connectivity index (χ3v) is 2.97. The van der Waals surface area contributed by atoms with E-state index in [4.69, 9.17) is 23.2 Å². The van der Waals surface area contributed by atoms with Crippen LogP contribution in [-0.4, -0.2) is 10.9 Å². The van der Waals surface area contributed by atoms with Gasteiger partial charge in [-0.1, -0.05) is 40.9 Å². The number of aromatic nitrogens is 1. The monoisotopic (exact) mass is 268 g/mol. The maximum absolute atomic E-state index is 11.8. The Morgan fingerprint density at radius 3 is 2.41 bits per heavy atom. The van der Waals surface area contributed by atoms with Gasteiger partial charge in [-0.05, 0) is 25.1 Å². The average molecular weight is 269 g/mol. The van der Waals surface area contributed by atoms with E-state index < -0.39 is 0 Å². The molecule has 0 spiro atoms. The summed E-state index contributed by atoms with van der Waals surface area (Å²) in [5.74, 6) is -0.275. The first kappa shape index (κ1) is 12.0. The molecule has 0 unspecified atom stereocenters. The zero-order valence-electron chi connectivity index (χ0n) is 9.05. The van der Waals surface area contributed by atoms with Gasteiger partial charge in [-0.25, -0.2) is 0 Å². The molecule has 0 bridgehead atoms. The van der Waals surface area contributed by atoms with Crippen LogP contribution in [-0.2, 0) is 0 Å². The van der Waals surface area contributed by atoms with Crippen LogP contribution in [0.15, 0.2) is 30.3 Å². The summed E-state index contributed by atoms with van der Waals surface area (Å²) in [7, 11) is 0. The molecule has 0 saturated carbocycles. The summed E-state index contributed by atoms with van der Waals surface area (Å²) in [6.07, 6.45) is 0. The van der Waals surface area contributed by atoms with Crippen LogP contribution in [0.2, 0.25) is 10.2 Å². The quantitative estimate of drug-likeness (QED) is 0.853. The van der Waals surface area contributed by atoms with Crippen LogP contribution in [0.5, 0.6) is 0 Å². The Balaban J connectivity index is 2.14. The zero-order chi connectivity index (χ0) is 12.4. The molecule has 3 nitrogen and oxygen atoms in total. The van der Waals surface area contributed by atoms with E-state index in [1.807, 2.05) is 31.2 Å². The minimum absolute atomic E-state index is 0.265. The highest BCUT2D eigenvalue weighted by molar-refractivity contribution is 6.41. The molecule has 1 heterocycles. The Morgan fingerprint density at radius 1 is 1.24 bits per heavy atom. The van der Waals surface area contributed by atoms with Crippen molar-refractivity contribution in [3.63, 3.8) is 0 Å². The van der Waals surface area contributed by atoms with Gasteiger partial charge in [0.15, 0.2) is 0 Å². The molecular formula is C12H10Cl2N2O. The summed E-state index contributed by atoms with van der Waals surface area (Å²) in [5.41, 5.74) is 2.19. The number of H-pyrrole nitrogens is 1. The Labute approximate surface area is 109 Å². The second-order valence-corrected chi connectivity index (χ2v) is 4.45. The number of anilines is 1. The molecular weight excluding hydrogens is 259 g/mol. The lowest BCUT2D eigenvalue weighted by atomic mass is 10.2. The van der Waals surface area contributed by atoms with Gasteiger partial charge in [0.1, 0.15) is 10.8 Å². The molecule has 0 aliphatic heterocycles. The highest BCUT2D eigenvalue weighted by Crippen LogP contribution is 2.22. The van der Waals surface area contributed by atoms with Gasteiger partial charge in [-0.2, -0.15) is 0 Å². The van der Waals surface area contributed by atoms with Crippen LogP contribution in [0.1, 0.15) is 16.1 Å². The Morgan fingerprint density at radius 2 is 1.88 bits per heavy atom. The molecule has 17 heavy (non-hydrogen) atoms. The summed E-state index contributed by atoms with van der Waals surface area (Å²) in [6, 6.07) is 9.00. The Bertz CT molecular complexity index is 527. The molecule has 1 aromatic heterocycles. The van der Waals surface area contributed by atoms with Gasteiger partial charge in [-0.15, -0.1) is 0 Å². The molecule has 5 heteroatoms. The van der Waals surface area contributed by atoms with E-state index >= 15 is 0 Å². The number of benzene rings is 1. The SMILES string of the molecule is Cc1ccc(NC(=O)c2cc(Cl)c(Cl)[nH]2)cc1. The number of carbonyl (C=O) groups excluding carboxylic acids is 1. The first-order valence-electron chi connectivity index (χ1n) is 4.98. The molecule has 0 fully saturated rings. The molecule has 2 N–H and O–H groups in total. The average Bonchev–Trinajstić information content (AvgIpc) is 2.63. The van der Waals surface area contributed by atoms with E-state index in [1.165, 1.54) is 6.07 Å². The van der Waals surface area contributed by atoms with Gasteiger partial charge in [-0.3, -0.25) is 4.79 Å². The van der Waals surface area contributed by atoms with Crippen LogP contribution in [0.3, 0.4) is 0 Å². The highest BCUT2D eigenvalue weighted by atomic mass is 35.5. The number of hydrogen-bond donors (Lipinski definition) is 2. The lowest BCUT2D eigenvalue weighted by molar-refractivity contribution is 0.102. The molecule has 2 rings (SSSR count). The maximum atomic E-state index is 11.8. The smallest absolute Gasteiger partial charge is 0.272 e. The van der Waals surface area contributed by atoms with E-state index in [0.29, 0.717) is 10.7 Å². The lowest BCUT2D eigenvalue weighted by Crippen LogP contribution is -2.12. The van der Waals surface area contributed by atoms with Gasteiger partial charge in [0.2, 0.25) is 0 Å². The summed E-state index contributed by atoms with van der Waals surface area (Å²) < 4.78 is 0. The predicted octanol–water partition coefficient (Wildman–Crippen LogP) is 3.88. The maximum Gasteiger partial charge on any atom is 0.272 e. The highest BCUT2D eigenvalue weighted by Gasteiger charge is 2.11. The fraction of sp³-hybridized carbons (Fsp3) is 0.0833. The van der Waals surface area contributed by atoms with E-state index in [1.54, 1.807) is 0 Å². The van der Waals surface area contributed by atoms with E-state index in [0.717, 1.165) is 11.3 Å². The van der Waals surface area contributed by atoms with Crippen molar-refractivity contribution in [1.82, 2.24) is 4.98 Å². The van der Waals surface area contributed by atoms with Gasteiger partial charge in [0.05, 0.1) is 5.02 Å². The molecule has 2 aromatic rings. The fourth-order valence-corrected chi connectivity index (χ4v) is 1.67. The number of carbonyl (C=O) groups is 1. The summed E-state index contributed by atoms with van der Waals surface area (Å²) in [4.78, 5) is 14.5. The standard InChI is InChI=1S/C12H10Cl2N2O/c1-7-2-4-8(5-3-7)15-12(17)10-6-9(13)11(14)16-10/h2-6,16H,1H3,(H,15,17). The van der Waals surface area contributed by atoms with Crippen LogP contribution < -0.4 is 5.32 Å². The van der Waals surface area contributed by atoms with Crippen molar-refractivity contribution >= 4 is 34.8 Å². The largest absolute Gasteiger partial charge is 0.340 e. The first-order valence-corrected chi connectivity index (χ1v) is 5.74.